The molecule has 0 spiro atoms. The Kier molecular flexibility index (Phi) is 5.11. The van der Waals surface area contributed by atoms with Crippen molar-refractivity contribution in [3.05, 3.63) is 46.6 Å². The topological polar surface area (TPSA) is 61.3 Å². The second-order valence-electron chi connectivity index (χ2n) is 5.86. The second-order valence-corrected chi connectivity index (χ2v) is 5.86. The number of fused-ring (bicyclic) bond motifs is 1. The predicted molar refractivity (Wildman–Crippen MR) is 86.1 cm³/mol. The van der Waals surface area contributed by atoms with E-state index in [1.54, 1.807) is 6.92 Å². The van der Waals surface area contributed by atoms with Gasteiger partial charge in [0.15, 0.2) is 0 Å². The van der Waals surface area contributed by atoms with Crippen LogP contribution in [0.2, 0.25) is 0 Å². The van der Waals surface area contributed by atoms with Gasteiger partial charge in [-0.1, -0.05) is 6.07 Å². The Labute approximate surface area is 148 Å². The van der Waals surface area contributed by atoms with E-state index in [-0.39, 0.29) is 23.8 Å². The molecule has 138 valence electrons. The summed E-state index contributed by atoms with van der Waals surface area (Å²) in [5.74, 6) is -0.818. The zero-order valence-corrected chi connectivity index (χ0v) is 14.1. The first-order valence-corrected chi connectivity index (χ1v) is 8.30. The summed E-state index contributed by atoms with van der Waals surface area (Å²) >= 11 is 0. The number of ether oxygens (including phenoxy) is 2. The third-order valence-corrected chi connectivity index (χ3v) is 4.07. The van der Waals surface area contributed by atoms with Crippen molar-refractivity contribution in [1.82, 2.24) is 10.2 Å². The summed E-state index contributed by atoms with van der Waals surface area (Å²) in [4.78, 5) is 12.4. The van der Waals surface area contributed by atoms with Crippen molar-refractivity contribution < 1.29 is 27.4 Å². The van der Waals surface area contributed by atoms with Gasteiger partial charge in [-0.05, 0) is 56.4 Å². The Morgan fingerprint density at radius 2 is 1.96 bits per heavy atom. The van der Waals surface area contributed by atoms with Crippen LogP contribution in [0.5, 0.6) is 11.6 Å². The average Bonchev–Trinajstić information content (AvgIpc) is 2.61. The van der Waals surface area contributed by atoms with E-state index in [0.29, 0.717) is 24.1 Å². The number of esters is 1. The summed E-state index contributed by atoms with van der Waals surface area (Å²) < 4.78 is 49.2. The molecular weight excluding hydrogens is 349 g/mol. The Morgan fingerprint density at radius 1 is 1.19 bits per heavy atom. The molecule has 0 bridgehead atoms. The number of carbonyl (C=O) groups is 1. The van der Waals surface area contributed by atoms with E-state index in [2.05, 4.69) is 10.2 Å². The van der Waals surface area contributed by atoms with Gasteiger partial charge in [0.1, 0.15) is 11.3 Å². The van der Waals surface area contributed by atoms with Crippen LogP contribution >= 0.6 is 0 Å². The van der Waals surface area contributed by atoms with Crippen molar-refractivity contribution >= 4 is 5.97 Å². The molecule has 0 fully saturated rings. The highest BCUT2D eigenvalue weighted by Gasteiger charge is 2.31. The number of nitrogens with zero attached hydrogens (tertiary/aromatic N) is 2. The van der Waals surface area contributed by atoms with Crippen molar-refractivity contribution in [2.24, 2.45) is 0 Å². The standard InChI is InChI=1S/C18H17F3N2O3/c1-2-25-17(24)15-13-8-3-4-9-14(13)22-23-16(15)26-12-7-5-6-11(10-12)18(19,20)21/h5-7,10H,2-4,8-9H2,1H3. The van der Waals surface area contributed by atoms with Gasteiger partial charge in [0, 0.05) is 0 Å². The fraction of sp³-hybridized carbons (Fsp3) is 0.389. The maximum absolute atomic E-state index is 12.9. The van der Waals surface area contributed by atoms with Gasteiger partial charge in [-0.25, -0.2) is 4.79 Å². The summed E-state index contributed by atoms with van der Waals surface area (Å²) in [6.07, 6.45) is -1.35. The molecule has 0 saturated carbocycles. The van der Waals surface area contributed by atoms with Crippen molar-refractivity contribution in [1.29, 1.82) is 0 Å². The summed E-state index contributed by atoms with van der Waals surface area (Å²) in [5.41, 5.74) is 0.704. The highest BCUT2D eigenvalue weighted by Crippen LogP contribution is 2.34. The van der Waals surface area contributed by atoms with E-state index < -0.39 is 17.7 Å². The largest absolute Gasteiger partial charge is 0.462 e. The zero-order valence-electron chi connectivity index (χ0n) is 14.1. The number of carbonyl (C=O) groups excluding carboxylic acids is 1. The maximum atomic E-state index is 12.9. The average molecular weight is 366 g/mol. The number of rotatable bonds is 4. The first-order chi connectivity index (χ1) is 12.4. The molecule has 2 aromatic rings. The molecule has 0 amide bonds. The third-order valence-electron chi connectivity index (χ3n) is 4.07. The number of hydrogen-bond acceptors (Lipinski definition) is 5. The van der Waals surface area contributed by atoms with Crippen LogP contribution in [0.4, 0.5) is 13.2 Å². The molecule has 0 saturated heterocycles. The number of benzene rings is 1. The molecule has 0 unspecified atom stereocenters. The van der Waals surface area contributed by atoms with Gasteiger partial charge in [0.2, 0.25) is 0 Å². The van der Waals surface area contributed by atoms with Crippen LogP contribution in [0, 0.1) is 0 Å². The smallest absolute Gasteiger partial charge is 0.416 e. The van der Waals surface area contributed by atoms with Crippen molar-refractivity contribution in [3.8, 4) is 11.6 Å². The Bertz CT molecular complexity index is 822. The molecule has 0 N–H and O–H groups in total. The van der Waals surface area contributed by atoms with Gasteiger partial charge in [-0.3, -0.25) is 0 Å². The molecule has 0 radical (unpaired) electrons. The van der Waals surface area contributed by atoms with Gasteiger partial charge in [0.05, 0.1) is 17.9 Å². The van der Waals surface area contributed by atoms with E-state index in [0.717, 1.165) is 25.0 Å². The van der Waals surface area contributed by atoms with Crippen molar-refractivity contribution in [3.63, 3.8) is 0 Å². The summed E-state index contributed by atoms with van der Waals surface area (Å²) in [7, 11) is 0. The zero-order chi connectivity index (χ0) is 18.7. The molecule has 5 nitrogen and oxygen atoms in total. The molecule has 3 rings (SSSR count). The summed E-state index contributed by atoms with van der Waals surface area (Å²) in [5, 5.41) is 8.01. The van der Waals surface area contributed by atoms with Crippen LogP contribution in [0.25, 0.3) is 0 Å². The van der Waals surface area contributed by atoms with Gasteiger partial charge in [-0.2, -0.15) is 18.3 Å². The van der Waals surface area contributed by atoms with Crippen LogP contribution < -0.4 is 4.74 Å². The van der Waals surface area contributed by atoms with Crippen molar-refractivity contribution in [2.75, 3.05) is 6.61 Å². The fourth-order valence-corrected chi connectivity index (χ4v) is 2.89. The molecule has 1 heterocycles. The molecule has 26 heavy (non-hydrogen) atoms. The quantitative estimate of drug-likeness (QED) is 0.753. The lowest BCUT2D eigenvalue weighted by molar-refractivity contribution is -0.137. The van der Waals surface area contributed by atoms with E-state index in [1.807, 2.05) is 0 Å². The van der Waals surface area contributed by atoms with Gasteiger partial charge >= 0.3 is 12.1 Å². The predicted octanol–water partition coefficient (Wildman–Crippen LogP) is 4.34. The first-order valence-electron chi connectivity index (χ1n) is 8.30. The summed E-state index contributed by atoms with van der Waals surface area (Å²) in [6, 6.07) is 4.40. The van der Waals surface area contributed by atoms with Gasteiger partial charge in [0.25, 0.3) is 5.88 Å². The minimum absolute atomic E-state index is 0.0737. The van der Waals surface area contributed by atoms with Crippen molar-refractivity contribution in [2.45, 2.75) is 38.8 Å². The number of hydrogen-bond donors (Lipinski definition) is 0. The Hall–Kier alpha value is -2.64. The minimum atomic E-state index is -4.50. The lowest BCUT2D eigenvalue weighted by Gasteiger charge is -2.19. The number of aryl methyl sites for hydroxylation is 1. The molecule has 1 aliphatic rings. The monoisotopic (exact) mass is 366 g/mol. The maximum Gasteiger partial charge on any atom is 0.416 e. The van der Waals surface area contributed by atoms with Gasteiger partial charge < -0.3 is 9.47 Å². The number of alkyl halides is 3. The third kappa shape index (κ3) is 3.79. The second kappa shape index (κ2) is 7.31. The van der Waals surface area contributed by atoms with Crippen LogP contribution in [0.15, 0.2) is 24.3 Å². The lowest BCUT2D eigenvalue weighted by atomic mass is 9.93. The molecule has 8 heteroatoms. The fourth-order valence-electron chi connectivity index (χ4n) is 2.89. The molecule has 1 aliphatic carbocycles. The van der Waals surface area contributed by atoms with Gasteiger partial charge in [-0.15, -0.1) is 5.10 Å². The number of halogens is 3. The van der Waals surface area contributed by atoms with E-state index in [9.17, 15) is 18.0 Å². The van der Waals surface area contributed by atoms with E-state index >= 15 is 0 Å². The molecule has 1 aromatic heterocycles. The SMILES string of the molecule is CCOC(=O)c1c(Oc2cccc(C(F)(F)F)c2)nnc2c1CCCC2. The van der Waals surface area contributed by atoms with E-state index in [4.69, 9.17) is 9.47 Å². The van der Waals surface area contributed by atoms with Crippen LogP contribution in [-0.2, 0) is 23.8 Å². The molecule has 0 atom stereocenters. The highest BCUT2D eigenvalue weighted by molar-refractivity contribution is 5.94. The number of aromatic nitrogens is 2. The van der Waals surface area contributed by atoms with Crippen LogP contribution in [0.3, 0.4) is 0 Å². The minimum Gasteiger partial charge on any atom is -0.462 e. The van der Waals surface area contributed by atoms with Crippen LogP contribution in [-0.4, -0.2) is 22.8 Å². The first kappa shape index (κ1) is 18.2. The Balaban J connectivity index is 2.01. The van der Waals surface area contributed by atoms with E-state index in [1.165, 1.54) is 12.1 Å². The summed E-state index contributed by atoms with van der Waals surface area (Å²) in [6.45, 7) is 1.84. The molecular formula is C18H17F3N2O3. The highest BCUT2D eigenvalue weighted by atomic mass is 19.4. The lowest BCUT2D eigenvalue weighted by Crippen LogP contribution is -2.17. The normalized spacial score (nSPS) is 13.8. The van der Waals surface area contributed by atoms with Crippen LogP contribution in [0.1, 0.15) is 46.9 Å². The molecule has 1 aromatic carbocycles. The molecule has 0 aliphatic heterocycles. The Morgan fingerprint density at radius 3 is 2.69 bits per heavy atom.